The van der Waals surface area contributed by atoms with Crippen LogP contribution in [-0.2, 0) is 4.79 Å². The van der Waals surface area contributed by atoms with Gasteiger partial charge in [-0.2, -0.15) is 0 Å². The van der Waals surface area contributed by atoms with Gasteiger partial charge in [0.2, 0.25) is 5.91 Å². The Morgan fingerprint density at radius 1 is 1.56 bits per heavy atom. The zero-order valence-electron chi connectivity index (χ0n) is 10.7. The van der Waals surface area contributed by atoms with Crippen LogP contribution in [0.15, 0.2) is 22.7 Å². The molecule has 0 saturated heterocycles. The van der Waals surface area contributed by atoms with E-state index >= 15 is 0 Å². The van der Waals surface area contributed by atoms with Crippen LogP contribution in [0.1, 0.15) is 17.3 Å². The van der Waals surface area contributed by atoms with Gasteiger partial charge in [-0.05, 0) is 34.1 Å². The third-order valence-electron chi connectivity index (χ3n) is 2.79. The van der Waals surface area contributed by atoms with Gasteiger partial charge in [0.05, 0.1) is 5.92 Å². The van der Waals surface area contributed by atoms with Crippen LogP contribution in [0.25, 0.3) is 0 Å². The summed E-state index contributed by atoms with van der Waals surface area (Å²) in [6.07, 6.45) is 0.807. The number of rotatable bonds is 5. The standard InChI is InChI=1S/C13H17BrN2O2/c1-9(13(18)15-2)7-16(3)11-5-4-10(8-17)12(14)6-11/h4-6,8-9H,7H2,1-3H3,(H,15,18). The Labute approximate surface area is 115 Å². The highest BCUT2D eigenvalue weighted by atomic mass is 79.9. The molecule has 0 bridgehead atoms. The van der Waals surface area contributed by atoms with Crippen LogP contribution in [0.3, 0.4) is 0 Å². The van der Waals surface area contributed by atoms with Gasteiger partial charge >= 0.3 is 0 Å². The maximum absolute atomic E-state index is 11.5. The van der Waals surface area contributed by atoms with E-state index in [0.29, 0.717) is 12.1 Å². The van der Waals surface area contributed by atoms with Gasteiger partial charge in [0, 0.05) is 36.4 Å². The van der Waals surface area contributed by atoms with E-state index in [1.807, 2.05) is 31.0 Å². The van der Waals surface area contributed by atoms with Gasteiger partial charge in [0.1, 0.15) is 0 Å². The zero-order valence-corrected chi connectivity index (χ0v) is 12.3. The number of benzene rings is 1. The molecule has 0 aromatic heterocycles. The van der Waals surface area contributed by atoms with Crippen molar-refractivity contribution in [3.8, 4) is 0 Å². The minimum atomic E-state index is -0.0930. The summed E-state index contributed by atoms with van der Waals surface area (Å²) in [6.45, 7) is 2.50. The van der Waals surface area contributed by atoms with E-state index in [4.69, 9.17) is 0 Å². The Hall–Kier alpha value is -1.36. The topological polar surface area (TPSA) is 49.4 Å². The second kappa shape index (κ2) is 6.54. The summed E-state index contributed by atoms with van der Waals surface area (Å²) in [6, 6.07) is 5.50. The van der Waals surface area contributed by atoms with E-state index < -0.39 is 0 Å². The molecule has 1 amide bonds. The lowest BCUT2D eigenvalue weighted by molar-refractivity contribution is -0.123. The van der Waals surface area contributed by atoms with Crippen molar-refractivity contribution in [1.82, 2.24) is 5.32 Å². The maximum atomic E-state index is 11.5. The summed E-state index contributed by atoms with van der Waals surface area (Å²) in [5, 5.41) is 2.63. The molecular weight excluding hydrogens is 296 g/mol. The Bertz CT molecular complexity index is 449. The summed E-state index contributed by atoms with van der Waals surface area (Å²) in [4.78, 5) is 24.2. The fourth-order valence-electron chi connectivity index (χ4n) is 1.69. The Morgan fingerprint density at radius 2 is 2.22 bits per heavy atom. The van der Waals surface area contributed by atoms with Crippen LogP contribution in [0.2, 0.25) is 0 Å². The number of aldehydes is 1. The number of anilines is 1. The molecule has 0 aliphatic rings. The van der Waals surface area contributed by atoms with Crippen molar-refractivity contribution in [2.24, 2.45) is 5.92 Å². The molecule has 0 heterocycles. The molecule has 5 heteroatoms. The normalized spacial score (nSPS) is 11.8. The summed E-state index contributed by atoms with van der Waals surface area (Å²) < 4.78 is 0.759. The van der Waals surface area contributed by atoms with Gasteiger partial charge < -0.3 is 10.2 Å². The van der Waals surface area contributed by atoms with Gasteiger partial charge in [-0.15, -0.1) is 0 Å². The van der Waals surface area contributed by atoms with Crippen LogP contribution in [-0.4, -0.2) is 32.8 Å². The van der Waals surface area contributed by atoms with Gasteiger partial charge in [-0.3, -0.25) is 9.59 Å². The Morgan fingerprint density at radius 3 is 2.72 bits per heavy atom. The quantitative estimate of drug-likeness (QED) is 0.847. The second-order valence-corrected chi connectivity index (χ2v) is 5.07. The fraction of sp³-hybridized carbons (Fsp3) is 0.385. The minimum Gasteiger partial charge on any atom is -0.374 e. The highest BCUT2D eigenvalue weighted by Gasteiger charge is 2.14. The van der Waals surface area contributed by atoms with Gasteiger partial charge in [0.15, 0.2) is 6.29 Å². The number of nitrogens with one attached hydrogen (secondary N) is 1. The number of hydrogen-bond donors (Lipinski definition) is 1. The van der Waals surface area contributed by atoms with E-state index in [-0.39, 0.29) is 11.8 Å². The lowest BCUT2D eigenvalue weighted by atomic mass is 10.1. The van der Waals surface area contributed by atoms with E-state index in [1.165, 1.54) is 0 Å². The monoisotopic (exact) mass is 312 g/mol. The average molecular weight is 313 g/mol. The first kappa shape index (κ1) is 14.7. The van der Waals surface area contributed by atoms with Crippen LogP contribution in [0, 0.1) is 5.92 Å². The number of hydrogen-bond acceptors (Lipinski definition) is 3. The predicted octanol–water partition coefficient (Wildman–Crippen LogP) is 2.08. The van der Waals surface area contributed by atoms with Crippen molar-refractivity contribution in [1.29, 1.82) is 0 Å². The average Bonchev–Trinajstić information content (AvgIpc) is 2.37. The third-order valence-corrected chi connectivity index (χ3v) is 3.48. The van der Waals surface area contributed by atoms with Gasteiger partial charge in [-0.1, -0.05) is 6.92 Å². The first-order valence-corrected chi connectivity index (χ1v) is 6.46. The third kappa shape index (κ3) is 3.57. The molecule has 98 valence electrons. The van der Waals surface area contributed by atoms with Crippen molar-refractivity contribution < 1.29 is 9.59 Å². The minimum absolute atomic E-state index is 0.0189. The van der Waals surface area contributed by atoms with Crippen molar-refractivity contribution in [3.63, 3.8) is 0 Å². The predicted molar refractivity (Wildman–Crippen MR) is 76.0 cm³/mol. The number of halogens is 1. The molecule has 18 heavy (non-hydrogen) atoms. The van der Waals surface area contributed by atoms with Crippen molar-refractivity contribution in [3.05, 3.63) is 28.2 Å². The molecule has 0 fully saturated rings. The number of amides is 1. The Balaban J connectivity index is 2.78. The first-order chi connectivity index (χ1) is 8.49. The lowest BCUT2D eigenvalue weighted by Crippen LogP contribution is -2.34. The van der Waals surface area contributed by atoms with Gasteiger partial charge in [0.25, 0.3) is 0 Å². The van der Waals surface area contributed by atoms with Gasteiger partial charge in [-0.25, -0.2) is 0 Å². The lowest BCUT2D eigenvalue weighted by Gasteiger charge is -2.23. The molecule has 0 spiro atoms. The summed E-state index contributed by atoms with van der Waals surface area (Å²) in [7, 11) is 3.55. The fourth-order valence-corrected chi connectivity index (χ4v) is 2.15. The van der Waals surface area contributed by atoms with E-state index in [1.54, 1.807) is 13.1 Å². The van der Waals surface area contributed by atoms with Crippen LogP contribution >= 0.6 is 15.9 Å². The molecule has 1 N–H and O–H groups in total. The Kier molecular flexibility index (Phi) is 5.34. The molecule has 1 atom stereocenters. The molecule has 4 nitrogen and oxygen atoms in total. The van der Waals surface area contributed by atoms with E-state index in [2.05, 4.69) is 21.2 Å². The van der Waals surface area contributed by atoms with Crippen molar-refractivity contribution in [2.75, 3.05) is 25.5 Å². The number of nitrogens with zero attached hydrogens (tertiary/aromatic N) is 1. The van der Waals surface area contributed by atoms with Crippen LogP contribution < -0.4 is 10.2 Å². The maximum Gasteiger partial charge on any atom is 0.224 e. The van der Waals surface area contributed by atoms with E-state index in [0.717, 1.165) is 16.4 Å². The van der Waals surface area contributed by atoms with E-state index in [9.17, 15) is 9.59 Å². The largest absolute Gasteiger partial charge is 0.374 e. The SMILES string of the molecule is CNC(=O)C(C)CN(C)c1ccc(C=O)c(Br)c1. The van der Waals surface area contributed by atoms with Crippen LogP contribution in [0.5, 0.6) is 0 Å². The molecule has 0 aliphatic heterocycles. The summed E-state index contributed by atoms with van der Waals surface area (Å²) in [5.41, 5.74) is 1.58. The molecule has 0 aliphatic carbocycles. The second-order valence-electron chi connectivity index (χ2n) is 4.22. The summed E-state index contributed by atoms with van der Waals surface area (Å²) >= 11 is 3.35. The van der Waals surface area contributed by atoms with Crippen molar-refractivity contribution in [2.45, 2.75) is 6.92 Å². The van der Waals surface area contributed by atoms with Crippen molar-refractivity contribution >= 4 is 33.8 Å². The molecule has 1 aromatic rings. The molecule has 1 aromatic carbocycles. The summed E-state index contributed by atoms with van der Waals surface area (Å²) in [5.74, 6) is -0.0741. The zero-order chi connectivity index (χ0) is 13.7. The molecule has 0 saturated carbocycles. The highest BCUT2D eigenvalue weighted by molar-refractivity contribution is 9.10. The molecule has 1 unspecified atom stereocenters. The first-order valence-electron chi connectivity index (χ1n) is 5.67. The molecule has 0 radical (unpaired) electrons. The number of carbonyl (C=O) groups is 2. The smallest absolute Gasteiger partial charge is 0.224 e. The molecular formula is C13H17BrN2O2. The molecule has 1 rings (SSSR count). The highest BCUT2D eigenvalue weighted by Crippen LogP contribution is 2.23. The number of carbonyl (C=O) groups excluding carboxylic acids is 2. The van der Waals surface area contributed by atoms with Crippen LogP contribution in [0.4, 0.5) is 5.69 Å².